The maximum Gasteiger partial charge on any atom is 0.407 e. The molecule has 0 aromatic heterocycles. The predicted octanol–water partition coefficient (Wildman–Crippen LogP) is 3.36. The Morgan fingerprint density at radius 3 is 2.45 bits per heavy atom. The van der Waals surface area contributed by atoms with Crippen LogP contribution in [0.2, 0.25) is 0 Å². The molecule has 0 saturated heterocycles. The van der Waals surface area contributed by atoms with Crippen molar-refractivity contribution in [3.05, 3.63) is 71.8 Å². The monoisotopic (exact) mass is 462 g/mol. The van der Waals surface area contributed by atoms with Crippen molar-refractivity contribution in [1.29, 1.82) is 0 Å². The van der Waals surface area contributed by atoms with Crippen LogP contribution in [0.15, 0.2) is 65.8 Å². The smallest absolute Gasteiger partial charge is 0.407 e. The Labute approximate surface area is 177 Å². The van der Waals surface area contributed by atoms with Crippen molar-refractivity contribution in [3.63, 3.8) is 0 Å². The second-order valence-corrected chi connectivity index (χ2v) is 7.54. The van der Waals surface area contributed by atoms with Crippen LogP contribution in [-0.4, -0.2) is 40.9 Å². The molecular formula is C21H23BrN2O5. The number of oxime groups is 1. The van der Waals surface area contributed by atoms with Gasteiger partial charge in [0, 0.05) is 6.42 Å². The van der Waals surface area contributed by atoms with Gasteiger partial charge in [0.2, 0.25) is 0 Å². The molecule has 2 aromatic rings. The number of rotatable bonds is 9. The third-order valence-electron chi connectivity index (χ3n) is 4.31. The Kier molecular flexibility index (Phi) is 8.03. The van der Waals surface area contributed by atoms with Crippen molar-refractivity contribution >= 4 is 26.6 Å². The second-order valence-electron chi connectivity index (χ2n) is 6.63. The Balaban J connectivity index is 1.55. The number of nitrogens with zero attached hydrogens (tertiary/aromatic N) is 1. The lowest BCUT2D eigenvalue weighted by atomic mass is 10.1. The third kappa shape index (κ3) is 7.16. The summed E-state index contributed by atoms with van der Waals surface area (Å²) in [6, 6.07) is 18.2. The summed E-state index contributed by atoms with van der Waals surface area (Å²) in [7, 11) is 0. The molecule has 0 spiro atoms. The number of carbonyl (C=O) groups excluding carboxylic acids is 1. The molecule has 3 atom stereocenters. The molecular weight excluding hydrogens is 440 g/mol. The number of halogens is 1. The number of nitrogens with one attached hydrogen (secondary N) is 1. The molecule has 0 bridgehead atoms. The normalized spacial score (nSPS) is 17.7. The molecule has 7 nitrogen and oxygen atoms in total. The summed E-state index contributed by atoms with van der Waals surface area (Å²) in [6.07, 6.45) is -1.18. The second kappa shape index (κ2) is 10.9. The van der Waals surface area contributed by atoms with Gasteiger partial charge >= 0.3 is 6.09 Å². The van der Waals surface area contributed by atoms with Gasteiger partial charge in [-0.2, -0.15) is 0 Å². The van der Waals surface area contributed by atoms with Gasteiger partial charge in [0.1, 0.15) is 11.2 Å². The van der Waals surface area contributed by atoms with Gasteiger partial charge in [-0.05, 0) is 33.5 Å². The molecule has 2 unspecified atom stereocenters. The molecule has 2 aromatic carbocycles. The van der Waals surface area contributed by atoms with Gasteiger partial charge in [0.05, 0.1) is 12.6 Å². The zero-order valence-electron chi connectivity index (χ0n) is 15.7. The molecule has 1 aliphatic rings. The van der Waals surface area contributed by atoms with Crippen LogP contribution in [0.25, 0.3) is 0 Å². The van der Waals surface area contributed by atoms with E-state index in [0.29, 0.717) is 17.5 Å². The highest BCUT2D eigenvalue weighted by molar-refractivity contribution is 9.18. The van der Waals surface area contributed by atoms with Gasteiger partial charge in [-0.1, -0.05) is 65.8 Å². The number of aliphatic hydroxyl groups excluding tert-OH is 1. The molecule has 1 amide bonds. The maximum atomic E-state index is 12.3. The fourth-order valence-corrected chi connectivity index (χ4v) is 3.26. The number of amides is 1. The molecule has 8 heteroatoms. The number of hydrogen-bond acceptors (Lipinski definition) is 6. The summed E-state index contributed by atoms with van der Waals surface area (Å²) < 4.78 is 11.5. The lowest BCUT2D eigenvalue weighted by Gasteiger charge is -2.25. The minimum atomic E-state index is -1.23. The van der Waals surface area contributed by atoms with Crippen LogP contribution in [0.4, 0.5) is 4.79 Å². The highest BCUT2D eigenvalue weighted by Gasteiger charge is 2.26. The van der Waals surface area contributed by atoms with Gasteiger partial charge in [0.25, 0.3) is 0 Å². The van der Waals surface area contributed by atoms with Crippen LogP contribution in [0.5, 0.6) is 0 Å². The van der Waals surface area contributed by atoms with E-state index in [9.17, 15) is 9.90 Å². The SMILES string of the molecule is O=C(N[C@@H](Cc1ccccc1)C(O)OCC1CC(Br)=NO1)OCc1ccccc1. The minimum Gasteiger partial charge on any atom is -0.445 e. The Hall–Kier alpha value is -2.42. The number of carbonyl (C=O) groups is 1. The van der Waals surface area contributed by atoms with Crippen molar-refractivity contribution in [2.24, 2.45) is 5.16 Å². The summed E-state index contributed by atoms with van der Waals surface area (Å²) in [5.41, 5.74) is 1.83. The standard InChI is InChI=1S/C21H23BrN2O5/c22-19-12-17(29-24-19)14-27-20(25)18(11-15-7-3-1-4-8-15)23-21(26)28-13-16-9-5-2-6-10-16/h1-10,17-18,20,25H,11-14H2,(H,23,26)/t17?,18-,20?/m0/s1. The third-order valence-corrected chi connectivity index (χ3v) is 4.78. The molecule has 2 N–H and O–H groups in total. The van der Waals surface area contributed by atoms with Crippen molar-refractivity contribution in [1.82, 2.24) is 5.32 Å². The summed E-state index contributed by atoms with van der Waals surface area (Å²) >= 11 is 3.26. The van der Waals surface area contributed by atoms with Gasteiger partial charge in [0.15, 0.2) is 12.4 Å². The van der Waals surface area contributed by atoms with E-state index < -0.39 is 18.4 Å². The van der Waals surface area contributed by atoms with E-state index in [1.54, 1.807) is 0 Å². The zero-order valence-corrected chi connectivity index (χ0v) is 17.3. The number of aliphatic hydroxyl groups is 1. The summed E-state index contributed by atoms with van der Waals surface area (Å²) in [5, 5.41) is 17.0. The highest BCUT2D eigenvalue weighted by atomic mass is 79.9. The van der Waals surface area contributed by atoms with Crippen molar-refractivity contribution < 1.29 is 24.2 Å². The van der Waals surface area contributed by atoms with Crippen molar-refractivity contribution in [2.45, 2.75) is 37.9 Å². The average molecular weight is 463 g/mol. The highest BCUT2D eigenvalue weighted by Crippen LogP contribution is 2.16. The number of hydrogen-bond donors (Lipinski definition) is 2. The Morgan fingerprint density at radius 1 is 1.17 bits per heavy atom. The largest absolute Gasteiger partial charge is 0.445 e. The molecule has 0 fully saturated rings. The van der Waals surface area contributed by atoms with E-state index in [0.717, 1.165) is 11.1 Å². The molecule has 3 rings (SSSR count). The van der Waals surface area contributed by atoms with Crippen LogP contribution in [0, 0.1) is 0 Å². The van der Waals surface area contributed by atoms with E-state index in [2.05, 4.69) is 26.4 Å². The first kappa shape index (κ1) is 21.3. The minimum absolute atomic E-state index is 0.142. The number of ether oxygens (including phenoxy) is 2. The Bertz CT molecular complexity index is 803. The summed E-state index contributed by atoms with van der Waals surface area (Å²) in [5.74, 6) is 0. The van der Waals surface area contributed by atoms with Crippen LogP contribution < -0.4 is 5.32 Å². The van der Waals surface area contributed by atoms with Crippen molar-refractivity contribution in [2.75, 3.05) is 6.61 Å². The summed E-state index contributed by atoms with van der Waals surface area (Å²) in [6.45, 7) is 0.286. The fraction of sp³-hybridized carbons (Fsp3) is 0.333. The van der Waals surface area contributed by atoms with Crippen LogP contribution in [0.3, 0.4) is 0 Å². The van der Waals surface area contributed by atoms with E-state index in [1.807, 2.05) is 60.7 Å². The first-order valence-corrected chi connectivity index (χ1v) is 10.1. The zero-order chi connectivity index (χ0) is 20.5. The first-order valence-electron chi connectivity index (χ1n) is 9.29. The lowest BCUT2D eigenvalue weighted by molar-refractivity contribution is -0.141. The fourth-order valence-electron chi connectivity index (χ4n) is 2.81. The van der Waals surface area contributed by atoms with Crippen molar-refractivity contribution in [3.8, 4) is 0 Å². The van der Waals surface area contributed by atoms with E-state index in [-0.39, 0.29) is 19.3 Å². The van der Waals surface area contributed by atoms with E-state index >= 15 is 0 Å². The molecule has 154 valence electrons. The Morgan fingerprint density at radius 2 is 1.83 bits per heavy atom. The molecule has 0 radical (unpaired) electrons. The van der Waals surface area contributed by atoms with E-state index in [4.69, 9.17) is 14.3 Å². The average Bonchev–Trinajstić information content (AvgIpc) is 3.17. The predicted molar refractivity (Wildman–Crippen MR) is 112 cm³/mol. The summed E-state index contributed by atoms with van der Waals surface area (Å²) in [4.78, 5) is 17.5. The number of alkyl carbamates (subject to hydrolysis) is 1. The maximum absolute atomic E-state index is 12.3. The van der Waals surface area contributed by atoms with Gasteiger partial charge in [-0.3, -0.25) is 0 Å². The molecule has 1 aliphatic heterocycles. The van der Waals surface area contributed by atoms with Crippen LogP contribution >= 0.6 is 15.9 Å². The van der Waals surface area contributed by atoms with Crippen LogP contribution in [-0.2, 0) is 27.3 Å². The van der Waals surface area contributed by atoms with Crippen LogP contribution in [0.1, 0.15) is 17.5 Å². The van der Waals surface area contributed by atoms with Gasteiger partial charge in [-0.25, -0.2) is 4.79 Å². The molecule has 0 aliphatic carbocycles. The van der Waals surface area contributed by atoms with Gasteiger partial charge < -0.3 is 24.7 Å². The van der Waals surface area contributed by atoms with Gasteiger partial charge in [-0.15, -0.1) is 0 Å². The number of benzene rings is 2. The molecule has 1 heterocycles. The topological polar surface area (TPSA) is 89.4 Å². The first-order chi connectivity index (χ1) is 14.1. The lowest BCUT2D eigenvalue weighted by Crippen LogP contribution is -2.46. The molecule has 29 heavy (non-hydrogen) atoms. The quantitative estimate of drug-likeness (QED) is 0.557. The molecule has 0 saturated carbocycles. The van der Waals surface area contributed by atoms with E-state index in [1.165, 1.54) is 0 Å².